The number of anilines is 1. The van der Waals surface area contributed by atoms with Gasteiger partial charge in [-0.3, -0.25) is 4.79 Å². The third-order valence-corrected chi connectivity index (χ3v) is 5.01. The molecule has 152 valence electrons. The summed E-state index contributed by atoms with van der Waals surface area (Å²) in [4.78, 5) is 17.0. The van der Waals surface area contributed by atoms with Crippen LogP contribution in [0.1, 0.15) is 41.1 Å². The largest absolute Gasteiger partial charge is 0.455 e. The van der Waals surface area contributed by atoms with Crippen molar-refractivity contribution < 1.29 is 4.42 Å². The van der Waals surface area contributed by atoms with Crippen LogP contribution in [0.3, 0.4) is 0 Å². The molecule has 0 fully saturated rings. The lowest BCUT2D eigenvalue weighted by atomic mass is 9.99. The molecule has 1 atom stereocenters. The van der Waals surface area contributed by atoms with E-state index in [1.165, 1.54) is 6.20 Å². The third-order valence-electron chi connectivity index (χ3n) is 4.79. The van der Waals surface area contributed by atoms with Crippen LogP contribution < -0.4 is 16.5 Å². The molecule has 7 nitrogen and oxygen atoms in total. The van der Waals surface area contributed by atoms with E-state index in [0.717, 1.165) is 17.3 Å². The van der Waals surface area contributed by atoms with Crippen LogP contribution in [0.2, 0.25) is 5.15 Å². The number of benzene rings is 1. The highest BCUT2D eigenvalue weighted by Crippen LogP contribution is 2.31. The molecule has 0 saturated carbocycles. The zero-order valence-electron chi connectivity index (χ0n) is 16.7. The molecule has 30 heavy (non-hydrogen) atoms. The van der Waals surface area contributed by atoms with Gasteiger partial charge in [-0.2, -0.15) is 5.26 Å². The van der Waals surface area contributed by atoms with E-state index in [2.05, 4.69) is 10.3 Å². The van der Waals surface area contributed by atoms with Crippen molar-refractivity contribution in [2.75, 3.05) is 5.32 Å². The maximum atomic E-state index is 13.0. The summed E-state index contributed by atoms with van der Waals surface area (Å²) in [6.07, 6.45) is 2.28. The van der Waals surface area contributed by atoms with E-state index >= 15 is 0 Å². The van der Waals surface area contributed by atoms with Crippen LogP contribution in [0.5, 0.6) is 0 Å². The van der Waals surface area contributed by atoms with Gasteiger partial charge in [-0.15, -0.1) is 0 Å². The quantitative estimate of drug-likeness (QED) is 0.412. The van der Waals surface area contributed by atoms with Gasteiger partial charge in [0.25, 0.3) is 0 Å². The highest BCUT2D eigenvalue weighted by atomic mass is 35.5. The Labute approximate surface area is 178 Å². The molecule has 8 heteroatoms. The molecular weight excluding hydrogens is 402 g/mol. The van der Waals surface area contributed by atoms with Crippen molar-refractivity contribution in [2.45, 2.75) is 26.8 Å². The summed E-state index contributed by atoms with van der Waals surface area (Å²) < 4.78 is 6.10. The van der Waals surface area contributed by atoms with E-state index in [9.17, 15) is 10.1 Å². The van der Waals surface area contributed by atoms with Crippen molar-refractivity contribution in [3.8, 4) is 6.07 Å². The number of nitrogens with zero attached hydrogens (tertiary/aromatic N) is 2. The molecule has 2 aromatic heterocycles. The summed E-state index contributed by atoms with van der Waals surface area (Å²) in [6.45, 7) is 5.43. The van der Waals surface area contributed by atoms with Gasteiger partial charge in [0.1, 0.15) is 22.6 Å². The Morgan fingerprint density at radius 3 is 2.77 bits per heavy atom. The summed E-state index contributed by atoms with van der Waals surface area (Å²) in [5.41, 5.74) is 8.82. The van der Waals surface area contributed by atoms with E-state index < -0.39 is 0 Å². The van der Waals surface area contributed by atoms with Crippen LogP contribution in [-0.2, 0) is 0 Å². The Morgan fingerprint density at radius 2 is 2.13 bits per heavy atom. The first-order valence-corrected chi connectivity index (χ1v) is 9.52. The maximum Gasteiger partial charge on any atom is 0.196 e. The zero-order chi connectivity index (χ0) is 22.0. The average Bonchev–Trinajstić information content (AvgIpc) is 2.73. The fourth-order valence-corrected chi connectivity index (χ4v) is 3.45. The molecule has 0 aliphatic rings. The highest BCUT2D eigenvalue weighted by molar-refractivity contribution is 6.29. The molecule has 0 amide bonds. The van der Waals surface area contributed by atoms with Crippen molar-refractivity contribution in [1.82, 2.24) is 4.98 Å². The molecule has 0 aliphatic carbocycles. The second-order valence-electron chi connectivity index (χ2n) is 6.89. The second-order valence-corrected chi connectivity index (χ2v) is 7.28. The van der Waals surface area contributed by atoms with Crippen LogP contribution >= 0.6 is 11.6 Å². The normalized spacial score (nSPS) is 12.4. The van der Waals surface area contributed by atoms with Gasteiger partial charge in [0.05, 0.1) is 22.7 Å². The molecule has 0 saturated heterocycles. The lowest BCUT2D eigenvalue weighted by Crippen LogP contribution is -2.14. The number of allylic oxidation sites excluding steroid dienone is 1. The molecule has 0 bridgehead atoms. The van der Waals surface area contributed by atoms with Gasteiger partial charge in [0.15, 0.2) is 11.1 Å². The summed E-state index contributed by atoms with van der Waals surface area (Å²) in [7, 11) is 0. The Hall–Kier alpha value is -3.63. The van der Waals surface area contributed by atoms with Crippen LogP contribution in [0, 0.1) is 30.6 Å². The van der Waals surface area contributed by atoms with Crippen molar-refractivity contribution in [1.29, 1.82) is 10.7 Å². The number of aryl methyl sites for hydroxylation is 1. The van der Waals surface area contributed by atoms with Crippen molar-refractivity contribution in [3.05, 3.63) is 74.0 Å². The van der Waals surface area contributed by atoms with E-state index in [-0.39, 0.29) is 28.1 Å². The number of halogens is 1. The minimum Gasteiger partial charge on any atom is -0.455 e. The number of nitriles is 1. The van der Waals surface area contributed by atoms with E-state index in [1.807, 2.05) is 26.0 Å². The van der Waals surface area contributed by atoms with E-state index in [4.69, 9.17) is 27.2 Å². The Bertz CT molecular complexity index is 1290. The first-order valence-electron chi connectivity index (χ1n) is 9.14. The standard InChI is InChI=1S/C22H20ClN5O2/c1-11-6-15(13(3)27-17-4-5-19(23)28-18(17)10-26)22-16(7-11)20(29)12(2)21(30-22)14(8-24)9-25/h4-9,13,24,27H,25H2,1-3H3/b14-9+,24-8?. The number of hydrogen-bond donors (Lipinski definition) is 3. The average molecular weight is 422 g/mol. The first-order chi connectivity index (χ1) is 14.3. The van der Waals surface area contributed by atoms with Crippen LogP contribution in [-0.4, -0.2) is 11.2 Å². The maximum absolute atomic E-state index is 13.0. The Balaban J connectivity index is 2.22. The molecule has 0 radical (unpaired) electrons. The number of aromatic nitrogens is 1. The minimum absolute atomic E-state index is 0.168. The predicted molar refractivity (Wildman–Crippen MR) is 119 cm³/mol. The minimum atomic E-state index is -0.327. The molecule has 0 spiro atoms. The fourth-order valence-electron chi connectivity index (χ4n) is 3.30. The number of pyridine rings is 1. The van der Waals surface area contributed by atoms with Gasteiger partial charge < -0.3 is 20.9 Å². The topological polar surface area (TPSA) is 129 Å². The van der Waals surface area contributed by atoms with Gasteiger partial charge in [0.2, 0.25) is 0 Å². The third kappa shape index (κ3) is 3.78. The summed E-state index contributed by atoms with van der Waals surface area (Å²) in [5.74, 6) is 0.258. The Kier molecular flexibility index (Phi) is 5.90. The number of rotatable bonds is 5. The van der Waals surface area contributed by atoms with Gasteiger partial charge >= 0.3 is 0 Å². The molecule has 2 heterocycles. The number of nitrogens with one attached hydrogen (secondary N) is 2. The molecule has 0 aliphatic heterocycles. The summed E-state index contributed by atoms with van der Waals surface area (Å²) in [5, 5.41) is 20.8. The lowest BCUT2D eigenvalue weighted by Gasteiger charge is -2.19. The number of hydrogen-bond acceptors (Lipinski definition) is 7. The highest BCUT2D eigenvalue weighted by Gasteiger charge is 2.20. The fraction of sp³-hybridized carbons (Fsp3) is 0.182. The smallest absolute Gasteiger partial charge is 0.196 e. The van der Waals surface area contributed by atoms with Gasteiger partial charge in [-0.1, -0.05) is 17.7 Å². The summed E-state index contributed by atoms with van der Waals surface area (Å²) >= 11 is 5.88. The van der Waals surface area contributed by atoms with Gasteiger partial charge in [0, 0.05) is 23.5 Å². The number of fused-ring (bicyclic) bond motifs is 1. The molecule has 1 aromatic carbocycles. The monoisotopic (exact) mass is 421 g/mol. The molecule has 1 unspecified atom stereocenters. The summed E-state index contributed by atoms with van der Waals surface area (Å²) in [6, 6.07) is 8.65. The van der Waals surface area contributed by atoms with Gasteiger partial charge in [-0.25, -0.2) is 4.98 Å². The second kappa shape index (κ2) is 8.39. The van der Waals surface area contributed by atoms with Crippen molar-refractivity contribution >= 4 is 40.0 Å². The number of nitrogens with two attached hydrogens (primary N) is 1. The molecular formula is C22H20ClN5O2. The molecule has 3 aromatic rings. The van der Waals surface area contributed by atoms with Crippen LogP contribution in [0.15, 0.2) is 39.7 Å². The SMILES string of the molecule is Cc1cc(C(C)Nc2ccc(Cl)nc2C#N)c2oc(/C(C=N)=C/N)c(C)c(=O)c2c1. The van der Waals surface area contributed by atoms with Crippen LogP contribution in [0.4, 0.5) is 5.69 Å². The van der Waals surface area contributed by atoms with Crippen LogP contribution in [0.25, 0.3) is 16.5 Å². The molecule has 3 rings (SSSR count). The van der Waals surface area contributed by atoms with Crippen molar-refractivity contribution in [2.24, 2.45) is 5.73 Å². The van der Waals surface area contributed by atoms with Crippen molar-refractivity contribution in [3.63, 3.8) is 0 Å². The Morgan fingerprint density at radius 1 is 1.40 bits per heavy atom. The van der Waals surface area contributed by atoms with E-state index in [0.29, 0.717) is 27.8 Å². The molecule has 4 N–H and O–H groups in total. The first kappa shape index (κ1) is 21.1. The zero-order valence-corrected chi connectivity index (χ0v) is 17.5. The lowest BCUT2D eigenvalue weighted by molar-refractivity contribution is 0.575. The van der Waals surface area contributed by atoms with E-state index in [1.54, 1.807) is 25.1 Å². The predicted octanol–water partition coefficient (Wildman–Crippen LogP) is 4.45. The van der Waals surface area contributed by atoms with Gasteiger partial charge in [-0.05, 0) is 44.5 Å².